The van der Waals surface area contributed by atoms with Crippen molar-refractivity contribution in [3.63, 3.8) is 0 Å². The highest BCUT2D eigenvalue weighted by Gasteiger charge is 2.09. The fraction of sp³-hybridized carbons (Fsp3) is 0. The Kier molecular flexibility index (Phi) is 7.33. The van der Waals surface area contributed by atoms with Crippen LogP contribution in [0.1, 0.15) is 0 Å². The average Bonchev–Trinajstić information content (AvgIpc) is 2.82. The van der Waals surface area contributed by atoms with Crippen LogP contribution in [0.5, 0.6) is 11.5 Å². The van der Waals surface area contributed by atoms with E-state index < -0.39 is 17.8 Å². The SMILES string of the molecule is C=CC(=O)O/C=C\Oc1ccc(-c2ccc(-c3ccc(OC(=O)C=C)cc3F)cc2)cc1. The minimum absolute atomic E-state index is 0.115. The Morgan fingerprint density at radius 2 is 1.28 bits per heavy atom. The van der Waals surface area contributed by atoms with Gasteiger partial charge in [-0.2, -0.15) is 0 Å². The Hall–Kier alpha value is -4.45. The number of carbonyl (C=O) groups is 2. The van der Waals surface area contributed by atoms with Crippen molar-refractivity contribution in [2.45, 2.75) is 0 Å². The van der Waals surface area contributed by atoms with Gasteiger partial charge in [-0.15, -0.1) is 0 Å². The lowest BCUT2D eigenvalue weighted by molar-refractivity contribution is -0.132. The van der Waals surface area contributed by atoms with Gasteiger partial charge < -0.3 is 14.2 Å². The molecular weight excluding hydrogens is 411 g/mol. The molecule has 0 atom stereocenters. The van der Waals surface area contributed by atoms with Crippen LogP contribution in [0.4, 0.5) is 4.39 Å². The van der Waals surface area contributed by atoms with Gasteiger partial charge in [-0.3, -0.25) is 0 Å². The van der Waals surface area contributed by atoms with Crippen molar-refractivity contribution in [3.8, 4) is 33.8 Å². The molecule has 0 bridgehead atoms. The summed E-state index contributed by atoms with van der Waals surface area (Å²) in [6.45, 7) is 6.60. The normalized spacial score (nSPS) is 10.4. The van der Waals surface area contributed by atoms with Gasteiger partial charge in [-0.25, -0.2) is 14.0 Å². The molecule has 3 aromatic rings. The van der Waals surface area contributed by atoms with E-state index in [2.05, 4.69) is 17.9 Å². The minimum atomic E-state index is -0.648. The first-order valence-electron chi connectivity index (χ1n) is 9.49. The Morgan fingerprint density at radius 3 is 1.88 bits per heavy atom. The molecule has 0 aliphatic rings. The highest BCUT2D eigenvalue weighted by Crippen LogP contribution is 2.29. The molecule has 0 heterocycles. The first kappa shape index (κ1) is 22.2. The Bertz CT molecular complexity index is 1160. The lowest BCUT2D eigenvalue weighted by atomic mass is 10.00. The van der Waals surface area contributed by atoms with Crippen molar-refractivity contribution < 1.29 is 28.2 Å². The van der Waals surface area contributed by atoms with Crippen molar-refractivity contribution >= 4 is 11.9 Å². The van der Waals surface area contributed by atoms with Crippen molar-refractivity contribution in [2.75, 3.05) is 0 Å². The molecule has 32 heavy (non-hydrogen) atoms. The number of hydrogen-bond acceptors (Lipinski definition) is 5. The Labute approximate surface area is 184 Å². The van der Waals surface area contributed by atoms with Crippen molar-refractivity contribution in [1.82, 2.24) is 0 Å². The summed E-state index contributed by atoms with van der Waals surface area (Å²) in [5.74, 6) is -1.04. The Balaban J connectivity index is 1.68. The average molecular weight is 430 g/mol. The Morgan fingerprint density at radius 1 is 0.719 bits per heavy atom. The van der Waals surface area contributed by atoms with Gasteiger partial charge in [0.25, 0.3) is 0 Å². The summed E-state index contributed by atoms with van der Waals surface area (Å²) >= 11 is 0. The van der Waals surface area contributed by atoms with Crippen molar-refractivity contribution in [2.24, 2.45) is 0 Å². The van der Waals surface area contributed by atoms with Gasteiger partial charge in [0.2, 0.25) is 0 Å². The van der Waals surface area contributed by atoms with Crippen LogP contribution < -0.4 is 9.47 Å². The van der Waals surface area contributed by atoms with Gasteiger partial charge in [0.1, 0.15) is 29.8 Å². The zero-order chi connectivity index (χ0) is 22.9. The van der Waals surface area contributed by atoms with E-state index in [1.54, 1.807) is 18.2 Å². The summed E-state index contributed by atoms with van der Waals surface area (Å²) in [6.07, 6.45) is 4.45. The van der Waals surface area contributed by atoms with Crippen LogP contribution in [0.15, 0.2) is 105 Å². The van der Waals surface area contributed by atoms with Crippen LogP contribution in [0.3, 0.4) is 0 Å². The number of esters is 2. The zero-order valence-electron chi connectivity index (χ0n) is 17.0. The summed E-state index contributed by atoms with van der Waals surface area (Å²) in [7, 11) is 0. The molecule has 3 aromatic carbocycles. The van der Waals surface area contributed by atoms with E-state index in [1.165, 1.54) is 12.3 Å². The van der Waals surface area contributed by atoms with Crippen LogP contribution in [0.25, 0.3) is 22.3 Å². The topological polar surface area (TPSA) is 61.8 Å². The predicted octanol–water partition coefficient (Wildman–Crippen LogP) is 5.83. The molecule has 0 fully saturated rings. The maximum Gasteiger partial charge on any atom is 0.335 e. The highest BCUT2D eigenvalue weighted by atomic mass is 19.1. The summed E-state index contributed by atoms with van der Waals surface area (Å²) in [6, 6.07) is 18.9. The molecule has 0 radical (unpaired) electrons. The molecule has 5 nitrogen and oxygen atoms in total. The van der Waals surface area contributed by atoms with E-state index >= 15 is 0 Å². The van der Waals surface area contributed by atoms with Gasteiger partial charge >= 0.3 is 11.9 Å². The van der Waals surface area contributed by atoms with Crippen LogP contribution in [-0.4, -0.2) is 11.9 Å². The largest absolute Gasteiger partial charge is 0.462 e. The molecule has 0 aromatic heterocycles. The molecular formula is C26H19FO5. The molecule has 0 spiro atoms. The summed E-state index contributed by atoms with van der Waals surface area (Å²) < 4.78 is 29.4. The maximum absolute atomic E-state index is 14.5. The molecule has 6 heteroatoms. The minimum Gasteiger partial charge on any atom is -0.462 e. The maximum atomic E-state index is 14.5. The molecule has 0 saturated heterocycles. The van der Waals surface area contributed by atoms with E-state index in [4.69, 9.17) is 9.47 Å². The summed E-state index contributed by atoms with van der Waals surface area (Å²) in [5.41, 5.74) is 2.96. The van der Waals surface area contributed by atoms with E-state index in [9.17, 15) is 14.0 Å². The monoisotopic (exact) mass is 430 g/mol. The molecule has 3 rings (SSSR count). The number of carbonyl (C=O) groups excluding carboxylic acids is 2. The van der Waals surface area contributed by atoms with Gasteiger partial charge in [-0.05, 0) is 41.0 Å². The smallest absolute Gasteiger partial charge is 0.335 e. The number of rotatable bonds is 8. The van der Waals surface area contributed by atoms with E-state index in [1.807, 2.05) is 36.4 Å². The predicted molar refractivity (Wildman–Crippen MR) is 119 cm³/mol. The number of halogens is 1. The van der Waals surface area contributed by atoms with Gasteiger partial charge in [0.05, 0.1) is 0 Å². The van der Waals surface area contributed by atoms with Crippen LogP contribution in [0.2, 0.25) is 0 Å². The standard InChI is InChI=1S/C26H19FO5/c1-3-25(28)31-16-15-30-21-11-9-19(10-12-21)18-5-7-20(8-6-18)23-14-13-22(17-24(23)27)32-26(29)4-2/h3-17H,1-2H2/b16-15-. The molecule has 0 saturated carbocycles. The lowest BCUT2D eigenvalue weighted by Gasteiger charge is -2.08. The second-order valence-electron chi connectivity index (χ2n) is 6.40. The number of benzene rings is 3. The van der Waals surface area contributed by atoms with E-state index in [0.717, 1.165) is 35.6 Å². The van der Waals surface area contributed by atoms with E-state index in [-0.39, 0.29) is 5.75 Å². The highest BCUT2D eigenvalue weighted by molar-refractivity contribution is 5.83. The van der Waals surface area contributed by atoms with Crippen LogP contribution >= 0.6 is 0 Å². The second kappa shape index (κ2) is 10.5. The number of hydrogen-bond donors (Lipinski definition) is 0. The van der Waals surface area contributed by atoms with Gasteiger partial charge in [-0.1, -0.05) is 49.6 Å². The molecule has 0 amide bonds. The first-order chi connectivity index (χ1) is 15.5. The first-order valence-corrected chi connectivity index (χ1v) is 9.49. The quantitative estimate of drug-likeness (QED) is 0.195. The summed E-state index contributed by atoms with van der Waals surface area (Å²) in [5, 5.41) is 0. The molecule has 160 valence electrons. The van der Waals surface area contributed by atoms with E-state index in [0.29, 0.717) is 16.9 Å². The van der Waals surface area contributed by atoms with Gasteiger partial charge in [0, 0.05) is 23.8 Å². The fourth-order valence-electron chi connectivity index (χ4n) is 2.77. The fourth-order valence-corrected chi connectivity index (χ4v) is 2.77. The van der Waals surface area contributed by atoms with Crippen LogP contribution in [0, 0.1) is 5.82 Å². The van der Waals surface area contributed by atoms with Crippen molar-refractivity contribution in [1.29, 1.82) is 0 Å². The molecule has 0 aliphatic heterocycles. The second-order valence-corrected chi connectivity index (χ2v) is 6.40. The lowest BCUT2D eigenvalue weighted by Crippen LogP contribution is -2.03. The molecule has 0 N–H and O–H groups in total. The molecule has 0 unspecified atom stereocenters. The summed E-state index contributed by atoms with van der Waals surface area (Å²) in [4.78, 5) is 22.2. The molecule has 0 aliphatic carbocycles. The third kappa shape index (κ3) is 5.79. The number of ether oxygens (including phenoxy) is 3. The van der Waals surface area contributed by atoms with Gasteiger partial charge in [0.15, 0.2) is 0 Å². The third-order valence-electron chi connectivity index (χ3n) is 4.32. The zero-order valence-corrected chi connectivity index (χ0v) is 17.0. The third-order valence-corrected chi connectivity index (χ3v) is 4.32. The van der Waals surface area contributed by atoms with Crippen LogP contribution in [-0.2, 0) is 14.3 Å². The van der Waals surface area contributed by atoms with Crippen molar-refractivity contribution in [3.05, 3.63) is 110 Å².